The first kappa shape index (κ1) is 32.1. The number of aromatic nitrogens is 2. The number of aromatic amines is 1. The van der Waals surface area contributed by atoms with Gasteiger partial charge < -0.3 is 20.4 Å². The quantitative estimate of drug-likeness (QED) is 0.172. The molecule has 0 aliphatic carbocycles. The molecular formula is C30H31F2N5O6S. The minimum Gasteiger partial charge on any atom is -0.444 e. The van der Waals surface area contributed by atoms with Crippen LogP contribution in [0.4, 0.5) is 25.0 Å². The number of benzene rings is 2. The Morgan fingerprint density at radius 1 is 1.02 bits per heavy atom. The molecule has 0 aliphatic heterocycles. The van der Waals surface area contributed by atoms with Gasteiger partial charge in [0, 0.05) is 34.6 Å². The second-order valence-corrected chi connectivity index (χ2v) is 12.7. The number of sulfonamides is 1. The molecule has 0 unspecified atom stereocenters. The minimum atomic E-state index is -3.89. The van der Waals surface area contributed by atoms with E-state index in [2.05, 4.69) is 25.3 Å². The fourth-order valence-electron chi connectivity index (χ4n) is 4.23. The number of fused-ring (bicyclic) bond motifs is 1. The maximum absolute atomic E-state index is 15.3. The molecule has 4 N–H and O–H groups in total. The van der Waals surface area contributed by atoms with Gasteiger partial charge in [0.25, 0.3) is 0 Å². The SMILES string of the molecule is CCCS(=O)(=O)Nc1ccc(F)c(C(=O)c2c[nH]c3ncc(-c4ccc(NC(=O)CNC(=O)OC(C)(C)C)cc4)cc23)c1F. The van der Waals surface area contributed by atoms with Gasteiger partial charge >= 0.3 is 6.09 Å². The second-order valence-electron chi connectivity index (χ2n) is 10.8. The van der Waals surface area contributed by atoms with E-state index in [1.165, 1.54) is 12.4 Å². The molecule has 0 spiro atoms. The van der Waals surface area contributed by atoms with Crippen LogP contribution < -0.4 is 15.4 Å². The number of anilines is 2. The highest BCUT2D eigenvalue weighted by atomic mass is 32.2. The number of H-pyrrole nitrogens is 1. The van der Waals surface area contributed by atoms with Gasteiger partial charge in [-0.1, -0.05) is 19.1 Å². The van der Waals surface area contributed by atoms with Crippen LogP contribution in [-0.4, -0.2) is 54.1 Å². The number of amides is 2. The molecule has 0 radical (unpaired) electrons. The van der Waals surface area contributed by atoms with Crippen molar-refractivity contribution in [1.29, 1.82) is 0 Å². The predicted octanol–water partition coefficient (Wildman–Crippen LogP) is 5.35. The highest BCUT2D eigenvalue weighted by Gasteiger charge is 2.26. The Labute approximate surface area is 252 Å². The average molecular weight is 628 g/mol. The molecule has 2 aromatic heterocycles. The summed E-state index contributed by atoms with van der Waals surface area (Å²) in [4.78, 5) is 44.5. The van der Waals surface area contributed by atoms with Crippen molar-refractivity contribution in [2.45, 2.75) is 39.7 Å². The first-order valence-electron chi connectivity index (χ1n) is 13.5. The van der Waals surface area contributed by atoms with Gasteiger partial charge in [-0.15, -0.1) is 0 Å². The van der Waals surface area contributed by atoms with Crippen molar-refractivity contribution in [2.75, 3.05) is 22.3 Å². The van der Waals surface area contributed by atoms with E-state index in [1.54, 1.807) is 58.0 Å². The normalized spacial score (nSPS) is 11.7. The number of ether oxygens (including phenoxy) is 1. The van der Waals surface area contributed by atoms with Gasteiger partial charge in [0.15, 0.2) is 5.82 Å². The Kier molecular flexibility index (Phi) is 9.33. The van der Waals surface area contributed by atoms with Crippen molar-refractivity contribution in [1.82, 2.24) is 15.3 Å². The van der Waals surface area contributed by atoms with E-state index in [1.807, 2.05) is 0 Å². The van der Waals surface area contributed by atoms with Gasteiger partial charge in [-0.2, -0.15) is 0 Å². The highest BCUT2D eigenvalue weighted by Crippen LogP contribution is 2.30. The summed E-state index contributed by atoms with van der Waals surface area (Å²) >= 11 is 0. The highest BCUT2D eigenvalue weighted by molar-refractivity contribution is 7.92. The number of alkyl carbamates (subject to hydrolysis) is 1. The second kappa shape index (κ2) is 12.8. The number of ketones is 1. The Hall–Kier alpha value is -4.85. The van der Waals surface area contributed by atoms with Crippen molar-refractivity contribution >= 4 is 50.2 Å². The standard InChI is InChI=1S/C30H31F2N5O6S/c1-5-12-44(41,42)37-23-11-10-22(31)25(26(23)32)27(39)21-15-34-28-20(21)13-18(14-33-28)17-6-8-19(9-7-17)36-24(38)16-35-29(40)43-30(2,3)4/h6-11,13-15,37H,5,12,16H2,1-4H3,(H,33,34)(H,35,40)(H,36,38). The summed E-state index contributed by atoms with van der Waals surface area (Å²) in [6.07, 6.45) is 2.37. The topological polar surface area (TPSA) is 159 Å². The maximum Gasteiger partial charge on any atom is 0.408 e. The molecular weight excluding hydrogens is 596 g/mol. The fourth-order valence-corrected chi connectivity index (χ4v) is 5.36. The van der Waals surface area contributed by atoms with Crippen molar-refractivity contribution in [3.63, 3.8) is 0 Å². The minimum absolute atomic E-state index is 0.0675. The van der Waals surface area contributed by atoms with E-state index in [0.717, 1.165) is 12.1 Å². The van der Waals surface area contributed by atoms with Crippen LogP contribution in [0.3, 0.4) is 0 Å². The van der Waals surface area contributed by atoms with E-state index in [-0.39, 0.29) is 29.7 Å². The van der Waals surface area contributed by atoms with Gasteiger partial charge in [0.05, 0.1) is 17.0 Å². The fraction of sp³-hybridized carbons (Fsp3) is 0.267. The number of rotatable bonds is 10. The number of pyridine rings is 1. The number of hydrogen-bond donors (Lipinski definition) is 4. The van der Waals surface area contributed by atoms with Gasteiger partial charge in [-0.05, 0) is 63.1 Å². The van der Waals surface area contributed by atoms with Crippen LogP contribution in [0.25, 0.3) is 22.2 Å². The summed E-state index contributed by atoms with van der Waals surface area (Å²) in [5.41, 5.74) is -0.232. The van der Waals surface area contributed by atoms with Gasteiger partial charge in [-0.3, -0.25) is 14.3 Å². The van der Waals surface area contributed by atoms with Crippen molar-refractivity contribution in [2.24, 2.45) is 0 Å². The van der Waals surface area contributed by atoms with Gasteiger partial charge in [0.1, 0.15) is 23.6 Å². The van der Waals surface area contributed by atoms with Crippen molar-refractivity contribution in [3.8, 4) is 11.1 Å². The molecule has 44 heavy (non-hydrogen) atoms. The molecule has 0 atom stereocenters. The lowest BCUT2D eigenvalue weighted by molar-refractivity contribution is -0.115. The first-order chi connectivity index (χ1) is 20.7. The third-order valence-corrected chi connectivity index (χ3v) is 7.60. The Balaban J connectivity index is 1.54. The van der Waals surface area contributed by atoms with Crippen molar-refractivity contribution < 1.29 is 36.3 Å². The molecule has 0 saturated carbocycles. The number of carbonyl (C=O) groups excluding carboxylic acids is 3. The zero-order chi connectivity index (χ0) is 32.2. The Morgan fingerprint density at radius 3 is 2.39 bits per heavy atom. The molecule has 0 aliphatic rings. The summed E-state index contributed by atoms with van der Waals surface area (Å²) < 4.78 is 61.5. The number of halogens is 2. The number of nitrogens with one attached hydrogen (secondary N) is 4. The van der Waals surface area contributed by atoms with Crippen LogP contribution in [0, 0.1) is 11.6 Å². The van der Waals surface area contributed by atoms with E-state index in [9.17, 15) is 27.2 Å². The lowest BCUT2D eigenvalue weighted by Gasteiger charge is -2.19. The molecule has 11 nitrogen and oxygen atoms in total. The monoisotopic (exact) mass is 627 g/mol. The molecule has 0 fully saturated rings. The number of nitrogens with zero attached hydrogens (tertiary/aromatic N) is 1. The lowest BCUT2D eigenvalue weighted by Crippen LogP contribution is -2.37. The van der Waals surface area contributed by atoms with Crippen LogP contribution in [-0.2, 0) is 19.6 Å². The lowest BCUT2D eigenvalue weighted by atomic mass is 9.99. The smallest absolute Gasteiger partial charge is 0.408 e. The Bertz CT molecular complexity index is 1830. The molecule has 4 aromatic rings. The van der Waals surface area contributed by atoms with E-state index in [0.29, 0.717) is 22.5 Å². The summed E-state index contributed by atoms with van der Waals surface area (Å²) in [7, 11) is -3.89. The molecule has 0 bridgehead atoms. The van der Waals surface area contributed by atoms with Crippen molar-refractivity contribution in [3.05, 3.63) is 77.6 Å². The molecule has 2 amide bonds. The van der Waals surface area contributed by atoms with Crippen LogP contribution in [0.1, 0.15) is 50.0 Å². The van der Waals surface area contributed by atoms with Gasteiger partial charge in [0.2, 0.25) is 21.7 Å². The molecule has 0 saturated heterocycles. The third kappa shape index (κ3) is 7.75. The van der Waals surface area contributed by atoms with E-state index < -0.39 is 56.3 Å². The summed E-state index contributed by atoms with van der Waals surface area (Å²) in [5, 5.41) is 5.31. The number of carbonyl (C=O) groups is 3. The zero-order valence-corrected chi connectivity index (χ0v) is 25.2. The first-order valence-corrected chi connectivity index (χ1v) is 15.2. The molecule has 2 heterocycles. The summed E-state index contributed by atoms with van der Waals surface area (Å²) in [6, 6.07) is 10.0. The van der Waals surface area contributed by atoms with Crippen LogP contribution in [0.15, 0.2) is 54.9 Å². The van der Waals surface area contributed by atoms with Gasteiger partial charge in [-0.25, -0.2) is 27.0 Å². The molecule has 2 aromatic carbocycles. The summed E-state index contributed by atoms with van der Waals surface area (Å²) in [5.74, 6) is -4.22. The predicted molar refractivity (Wildman–Crippen MR) is 162 cm³/mol. The average Bonchev–Trinajstić information content (AvgIpc) is 3.36. The largest absolute Gasteiger partial charge is 0.444 e. The molecule has 14 heteroatoms. The van der Waals surface area contributed by atoms with E-state index in [4.69, 9.17) is 4.74 Å². The van der Waals surface area contributed by atoms with E-state index >= 15 is 4.39 Å². The third-order valence-electron chi connectivity index (χ3n) is 6.13. The van der Waals surface area contributed by atoms with Crippen LogP contribution in [0.2, 0.25) is 0 Å². The number of hydrogen-bond acceptors (Lipinski definition) is 7. The summed E-state index contributed by atoms with van der Waals surface area (Å²) in [6.45, 7) is 6.46. The van der Waals surface area contributed by atoms with Crippen LogP contribution >= 0.6 is 0 Å². The van der Waals surface area contributed by atoms with Crippen LogP contribution in [0.5, 0.6) is 0 Å². The molecule has 4 rings (SSSR count). The zero-order valence-electron chi connectivity index (χ0n) is 24.4. The Morgan fingerprint density at radius 2 is 1.73 bits per heavy atom. The maximum atomic E-state index is 15.3. The molecule has 232 valence electrons.